The average molecular weight is 352 g/mol. The van der Waals surface area contributed by atoms with E-state index in [1.165, 1.54) is 0 Å². The first-order valence-corrected chi connectivity index (χ1v) is 9.70. The minimum Gasteiger partial charge on any atom is -0.447 e. The quantitative estimate of drug-likeness (QED) is 0.706. The largest absolute Gasteiger partial charge is 0.447 e. The maximum absolute atomic E-state index is 12.8. The van der Waals surface area contributed by atoms with E-state index in [0.29, 0.717) is 13.0 Å². The smallest absolute Gasteiger partial charge is 0.409 e. The van der Waals surface area contributed by atoms with Gasteiger partial charge >= 0.3 is 6.09 Å². The van der Waals surface area contributed by atoms with Crippen molar-refractivity contribution in [1.29, 1.82) is 0 Å². The topological polar surface area (TPSA) is 66.9 Å². The van der Waals surface area contributed by atoms with E-state index in [2.05, 4.69) is 0 Å². The molecule has 0 N–H and O–H groups in total. The van der Waals surface area contributed by atoms with Crippen LogP contribution >= 0.6 is 0 Å². The van der Waals surface area contributed by atoms with E-state index < -0.39 is 0 Å². The van der Waals surface area contributed by atoms with Crippen LogP contribution in [0, 0.1) is 5.92 Å². The van der Waals surface area contributed by atoms with Gasteiger partial charge in [-0.2, -0.15) is 0 Å². The number of ketones is 1. The monoisotopic (exact) mass is 352 g/mol. The van der Waals surface area contributed by atoms with Crippen LogP contribution in [0.25, 0.3) is 0 Å². The van der Waals surface area contributed by atoms with Crippen molar-refractivity contribution in [2.24, 2.45) is 5.92 Å². The molecule has 25 heavy (non-hydrogen) atoms. The summed E-state index contributed by atoms with van der Waals surface area (Å²) in [5.41, 5.74) is 0. The van der Waals surface area contributed by atoms with Crippen molar-refractivity contribution in [2.75, 3.05) is 26.2 Å². The lowest BCUT2D eigenvalue weighted by molar-refractivity contribution is -0.140. The van der Waals surface area contributed by atoms with Crippen molar-refractivity contribution in [2.45, 2.75) is 71.3 Å². The number of carbonyl (C=O) groups excluding carboxylic acids is 3. The third kappa shape index (κ3) is 6.01. The molecule has 2 aliphatic rings. The highest BCUT2D eigenvalue weighted by molar-refractivity contribution is 5.79. The third-order valence-corrected chi connectivity index (χ3v) is 5.26. The fourth-order valence-electron chi connectivity index (χ4n) is 3.69. The van der Waals surface area contributed by atoms with Gasteiger partial charge < -0.3 is 19.3 Å². The van der Waals surface area contributed by atoms with Crippen molar-refractivity contribution in [3.63, 3.8) is 0 Å². The Hall–Kier alpha value is -1.59. The molecule has 2 fully saturated rings. The Morgan fingerprint density at radius 2 is 1.76 bits per heavy atom. The first-order valence-electron chi connectivity index (χ1n) is 9.70. The maximum atomic E-state index is 12.8. The summed E-state index contributed by atoms with van der Waals surface area (Å²) in [6.45, 7) is 6.11. The number of Topliss-reactive ketones (excluding diaryl/α,β-unsaturated/α-hetero) is 1. The van der Waals surface area contributed by atoms with Gasteiger partial charge in [0.25, 0.3) is 0 Å². The van der Waals surface area contributed by atoms with Crippen LogP contribution in [0.5, 0.6) is 0 Å². The summed E-state index contributed by atoms with van der Waals surface area (Å²) in [7, 11) is 0. The Bertz CT molecular complexity index is 474. The number of hydrogen-bond acceptors (Lipinski definition) is 4. The molecule has 2 saturated heterocycles. The second-order valence-corrected chi connectivity index (χ2v) is 7.45. The van der Waals surface area contributed by atoms with Gasteiger partial charge in [0.15, 0.2) is 0 Å². The molecule has 0 spiro atoms. The Morgan fingerprint density at radius 1 is 1.08 bits per heavy atom. The first kappa shape index (κ1) is 19.7. The Labute approximate surface area is 150 Å². The van der Waals surface area contributed by atoms with Crippen molar-refractivity contribution in [3.05, 3.63) is 0 Å². The summed E-state index contributed by atoms with van der Waals surface area (Å²) in [5.74, 6) is 0.212. The fourth-order valence-corrected chi connectivity index (χ4v) is 3.69. The molecule has 0 aromatic heterocycles. The molecular weight excluding hydrogens is 320 g/mol. The normalized spacial score (nSPS) is 21.9. The molecule has 0 radical (unpaired) electrons. The lowest BCUT2D eigenvalue weighted by atomic mass is 9.97. The molecule has 0 aliphatic carbocycles. The highest BCUT2D eigenvalue weighted by atomic mass is 16.6. The highest BCUT2D eigenvalue weighted by Gasteiger charge is 2.31. The van der Waals surface area contributed by atoms with Crippen molar-refractivity contribution in [3.8, 4) is 0 Å². The summed E-state index contributed by atoms with van der Waals surface area (Å²) < 4.78 is 5.49. The molecule has 0 saturated carbocycles. The van der Waals surface area contributed by atoms with Crippen LogP contribution in [0.3, 0.4) is 0 Å². The number of ether oxygens (including phenoxy) is 1. The molecule has 2 heterocycles. The highest BCUT2D eigenvalue weighted by Crippen LogP contribution is 2.22. The van der Waals surface area contributed by atoms with Gasteiger partial charge in [0.05, 0.1) is 6.04 Å². The number of amides is 2. The zero-order valence-corrected chi connectivity index (χ0v) is 15.7. The number of piperidine rings is 1. The molecule has 2 aliphatic heterocycles. The summed E-state index contributed by atoms with van der Waals surface area (Å²) in [4.78, 5) is 39.6. The molecule has 0 aromatic carbocycles. The van der Waals surface area contributed by atoms with E-state index in [9.17, 15) is 14.4 Å². The minimum atomic E-state index is -0.245. The second-order valence-electron chi connectivity index (χ2n) is 7.45. The van der Waals surface area contributed by atoms with Crippen LogP contribution < -0.4 is 0 Å². The zero-order chi connectivity index (χ0) is 18.2. The molecule has 6 heteroatoms. The van der Waals surface area contributed by atoms with Crippen LogP contribution in [-0.4, -0.2) is 59.9 Å². The van der Waals surface area contributed by atoms with Gasteiger partial charge in [-0.1, -0.05) is 6.92 Å². The van der Waals surface area contributed by atoms with Crippen LogP contribution in [0.1, 0.15) is 65.2 Å². The van der Waals surface area contributed by atoms with E-state index >= 15 is 0 Å². The van der Waals surface area contributed by atoms with Gasteiger partial charge in [-0.05, 0) is 51.9 Å². The molecular formula is C19H32N2O4. The molecule has 2 unspecified atom stereocenters. The van der Waals surface area contributed by atoms with Crippen LogP contribution in [-0.2, 0) is 14.3 Å². The van der Waals surface area contributed by atoms with E-state index in [1.807, 2.05) is 11.8 Å². The number of carbonyl (C=O) groups is 3. The predicted octanol–water partition coefficient (Wildman–Crippen LogP) is 3.00. The molecule has 0 bridgehead atoms. The summed E-state index contributed by atoms with van der Waals surface area (Å²) >= 11 is 0. The van der Waals surface area contributed by atoms with E-state index in [1.54, 1.807) is 11.8 Å². The predicted molar refractivity (Wildman–Crippen MR) is 95.2 cm³/mol. The van der Waals surface area contributed by atoms with Crippen molar-refractivity contribution < 1.29 is 19.1 Å². The van der Waals surface area contributed by atoms with E-state index in [0.717, 1.165) is 64.6 Å². The summed E-state index contributed by atoms with van der Waals surface area (Å²) in [6, 6.07) is -0.0111. The fraction of sp³-hybridized carbons (Fsp3) is 0.842. The van der Waals surface area contributed by atoms with E-state index in [-0.39, 0.29) is 29.7 Å². The summed E-state index contributed by atoms with van der Waals surface area (Å²) in [6.07, 6.45) is 6.82. The zero-order valence-electron chi connectivity index (χ0n) is 15.7. The molecule has 2 amide bonds. The number of likely N-dealkylation sites (tertiary alicyclic amines) is 2. The summed E-state index contributed by atoms with van der Waals surface area (Å²) in [5, 5.41) is 0. The van der Waals surface area contributed by atoms with Crippen molar-refractivity contribution >= 4 is 17.8 Å². The molecule has 142 valence electrons. The van der Waals surface area contributed by atoms with Gasteiger partial charge in [0.1, 0.15) is 12.4 Å². The van der Waals surface area contributed by atoms with Crippen LogP contribution in [0.2, 0.25) is 0 Å². The van der Waals surface area contributed by atoms with Gasteiger partial charge in [-0.15, -0.1) is 0 Å². The third-order valence-electron chi connectivity index (χ3n) is 5.26. The Balaban J connectivity index is 1.82. The van der Waals surface area contributed by atoms with Crippen molar-refractivity contribution in [1.82, 2.24) is 9.80 Å². The molecule has 2 rings (SSSR count). The van der Waals surface area contributed by atoms with Gasteiger partial charge in [0.2, 0.25) is 5.91 Å². The number of hydrogen-bond donors (Lipinski definition) is 0. The van der Waals surface area contributed by atoms with Crippen LogP contribution in [0.15, 0.2) is 0 Å². The average Bonchev–Trinajstić information content (AvgIpc) is 3.13. The second kappa shape index (κ2) is 9.78. The lowest BCUT2D eigenvalue weighted by Gasteiger charge is -2.37. The maximum Gasteiger partial charge on any atom is 0.409 e. The molecule has 0 aromatic rings. The minimum absolute atomic E-state index is 0.0111. The van der Waals surface area contributed by atoms with Gasteiger partial charge in [0, 0.05) is 32.0 Å². The van der Waals surface area contributed by atoms with E-state index in [4.69, 9.17) is 4.74 Å². The molecule has 2 atom stereocenters. The molecule has 6 nitrogen and oxygen atoms in total. The van der Waals surface area contributed by atoms with Gasteiger partial charge in [-0.25, -0.2) is 4.79 Å². The number of rotatable bonds is 7. The number of nitrogens with zero attached hydrogens (tertiary/aromatic N) is 2. The van der Waals surface area contributed by atoms with Crippen LogP contribution in [0.4, 0.5) is 4.79 Å². The first-order chi connectivity index (χ1) is 12.0. The Kier molecular flexibility index (Phi) is 7.72. The van der Waals surface area contributed by atoms with Gasteiger partial charge in [-0.3, -0.25) is 4.79 Å². The SMILES string of the molecule is CC(=O)CCCC(C)C(=O)N1CCCCC1COC(=O)N1CCCC1. The Morgan fingerprint density at radius 3 is 2.44 bits per heavy atom. The standard InChI is InChI=1S/C19H32N2O4/c1-15(8-7-9-16(2)22)18(23)21-13-4-3-10-17(21)14-25-19(24)20-11-5-6-12-20/h15,17H,3-14H2,1-2H3. The lowest BCUT2D eigenvalue weighted by Crippen LogP contribution is -2.48.